The van der Waals surface area contributed by atoms with Gasteiger partial charge in [-0.1, -0.05) is 48.5 Å². The molecule has 0 fully saturated rings. The van der Waals surface area contributed by atoms with Gasteiger partial charge in [0.25, 0.3) is 5.91 Å². The number of amides is 1. The van der Waals surface area contributed by atoms with Crippen LogP contribution in [0.3, 0.4) is 0 Å². The second-order valence-electron chi connectivity index (χ2n) is 7.60. The molecule has 1 aromatic heterocycles. The second kappa shape index (κ2) is 6.74. The number of carbonyl (C=O) groups excluding carboxylic acids is 1. The highest BCUT2D eigenvalue weighted by Gasteiger charge is 2.42. The van der Waals surface area contributed by atoms with Crippen LogP contribution >= 0.6 is 0 Å². The van der Waals surface area contributed by atoms with Gasteiger partial charge in [-0.05, 0) is 35.4 Å². The lowest BCUT2D eigenvalue weighted by Gasteiger charge is -2.25. The molecule has 3 heterocycles. The molecule has 0 saturated heterocycles. The SMILES string of the molecule is O=C1c2oc3ccccc3c(=O)c2[C@H](c2ccccc2)N1Cc1ccc2c(c1)OCO2. The first-order valence-corrected chi connectivity index (χ1v) is 10.0. The number of ether oxygens (including phenoxy) is 2. The number of benzene rings is 3. The summed E-state index contributed by atoms with van der Waals surface area (Å²) in [7, 11) is 0. The van der Waals surface area contributed by atoms with Crippen LogP contribution in [0.4, 0.5) is 0 Å². The molecule has 6 nitrogen and oxygen atoms in total. The lowest BCUT2D eigenvalue weighted by Crippen LogP contribution is -2.29. The van der Waals surface area contributed by atoms with Crippen molar-refractivity contribution in [3.63, 3.8) is 0 Å². The van der Waals surface area contributed by atoms with E-state index in [2.05, 4.69) is 0 Å². The molecule has 0 N–H and O–H groups in total. The lowest BCUT2D eigenvalue weighted by molar-refractivity contribution is 0.0714. The molecule has 1 atom stereocenters. The Morgan fingerprint density at radius 2 is 1.65 bits per heavy atom. The maximum atomic E-state index is 13.5. The maximum absolute atomic E-state index is 13.5. The monoisotopic (exact) mass is 411 g/mol. The van der Waals surface area contributed by atoms with Gasteiger partial charge in [-0.2, -0.15) is 0 Å². The fourth-order valence-corrected chi connectivity index (χ4v) is 4.35. The minimum atomic E-state index is -0.532. The molecular weight excluding hydrogens is 394 g/mol. The first-order valence-electron chi connectivity index (χ1n) is 10.0. The van der Waals surface area contributed by atoms with Gasteiger partial charge in [0, 0.05) is 6.54 Å². The summed E-state index contributed by atoms with van der Waals surface area (Å²) in [6.07, 6.45) is 0. The molecule has 152 valence electrons. The Hall–Kier alpha value is -4.06. The number of fused-ring (bicyclic) bond motifs is 3. The Kier molecular flexibility index (Phi) is 3.86. The third-order valence-corrected chi connectivity index (χ3v) is 5.78. The molecule has 31 heavy (non-hydrogen) atoms. The Bertz CT molecular complexity index is 1390. The summed E-state index contributed by atoms with van der Waals surface area (Å²) in [4.78, 5) is 28.6. The van der Waals surface area contributed by atoms with E-state index in [0.29, 0.717) is 34.6 Å². The van der Waals surface area contributed by atoms with E-state index in [1.807, 2.05) is 48.5 Å². The predicted octanol–water partition coefficient (Wildman–Crippen LogP) is 4.27. The van der Waals surface area contributed by atoms with E-state index in [-0.39, 0.29) is 23.9 Å². The van der Waals surface area contributed by atoms with Gasteiger partial charge >= 0.3 is 0 Å². The zero-order valence-corrected chi connectivity index (χ0v) is 16.4. The van der Waals surface area contributed by atoms with Crippen LogP contribution in [0.2, 0.25) is 0 Å². The molecule has 1 amide bonds. The molecular formula is C25H17NO5. The molecule has 6 heteroatoms. The van der Waals surface area contributed by atoms with Crippen molar-refractivity contribution in [2.75, 3.05) is 6.79 Å². The number of carbonyl (C=O) groups is 1. The van der Waals surface area contributed by atoms with Crippen molar-refractivity contribution in [1.82, 2.24) is 4.90 Å². The third-order valence-electron chi connectivity index (χ3n) is 5.78. The summed E-state index contributed by atoms with van der Waals surface area (Å²) in [5.41, 5.74) is 2.36. The molecule has 0 spiro atoms. The van der Waals surface area contributed by atoms with Crippen molar-refractivity contribution in [2.45, 2.75) is 12.6 Å². The molecule has 0 bridgehead atoms. The fourth-order valence-electron chi connectivity index (χ4n) is 4.35. The smallest absolute Gasteiger partial charge is 0.291 e. The molecule has 3 aromatic carbocycles. The predicted molar refractivity (Wildman–Crippen MR) is 113 cm³/mol. The van der Waals surface area contributed by atoms with Gasteiger partial charge in [0.15, 0.2) is 16.9 Å². The molecule has 0 radical (unpaired) electrons. The first kappa shape index (κ1) is 17.8. The molecule has 2 aliphatic heterocycles. The summed E-state index contributed by atoms with van der Waals surface area (Å²) in [6, 6.07) is 21.7. The number of hydrogen-bond acceptors (Lipinski definition) is 5. The van der Waals surface area contributed by atoms with Gasteiger partial charge < -0.3 is 18.8 Å². The van der Waals surface area contributed by atoms with Crippen LogP contribution in [0, 0.1) is 0 Å². The number of hydrogen-bond donors (Lipinski definition) is 0. The Balaban J connectivity index is 1.51. The Morgan fingerprint density at radius 1 is 0.871 bits per heavy atom. The molecule has 0 unspecified atom stereocenters. The van der Waals surface area contributed by atoms with Crippen LogP contribution in [-0.4, -0.2) is 17.6 Å². The minimum absolute atomic E-state index is 0.110. The van der Waals surface area contributed by atoms with Crippen LogP contribution in [0.5, 0.6) is 11.5 Å². The second-order valence-corrected chi connectivity index (χ2v) is 7.60. The summed E-state index contributed by atoms with van der Waals surface area (Å²) >= 11 is 0. The van der Waals surface area contributed by atoms with E-state index in [9.17, 15) is 9.59 Å². The zero-order valence-electron chi connectivity index (χ0n) is 16.4. The van der Waals surface area contributed by atoms with Crippen molar-refractivity contribution < 1.29 is 18.7 Å². The van der Waals surface area contributed by atoms with E-state index >= 15 is 0 Å². The van der Waals surface area contributed by atoms with E-state index < -0.39 is 6.04 Å². The van der Waals surface area contributed by atoms with Crippen molar-refractivity contribution in [2.24, 2.45) is 0 Å². The van der Waals surface area contributed by atoms with Crippen LogP contribution in [0.1, 0.15) is 33.3 Å². The largest absolute Gasteiger partial charge is 0.454 e. The highest BCUT2D eigenvalue weighted by Crippen LogP contribution is 2.40. The van der Waals surface area contributed by atoms with Gasteiger partial charge in [0.05, 0.1) is 17.0 Å². The van der Waals surface area contributed by atoms with Crippen molar-refractivity contribution in [3.05, 3.63) is 105 Å². The van der Waals surface area contributed by atoms with E-state index in [1.165, 1.54) is 0 Å². The van der Waals surface area contributed by atoms with Gasteiger partial charge in [0.1, 0.15) is 5.58 Å². The topological polar surface area (TPSA) is 69.0 Å². The molecule has 2 aliphatic rings. The average Bonchev–Trinajstić information content (AvgIpc) is 3.38. The normalized spacial score (nSPS) is 16.7. The molecule has 0 aliphatic carbocycles. The first-order chi connectivity index (χ1) is 15.2. The van der Waals surface area contributed by atoms with Crippen LogP contribution < -0.4 is 14.9 Å². The van der Waals surface area contributed by atoms with Gasteiger partial charge in [-0.15, -0.1) is 0 Å². The average molecular weight is 411 g/mol. The zero-order chi connectivity index (χ0) is 20.9. The van der Waals surface area contributed by atoms with Crippen LogP contribution in [0.15, 0.2) is 82.0 Å². The Labute approximate surface area is 177 Å². The van der Waals surface area contributed by atoms with Crippen molar-refractivity contribution in [3.8, 4) is 11.5 Å². The highest BCUT2D eigenvalue weighted by molar-refractivity contribution is 5.99. The van der Waals surface area contributed by atoms with Crippen molar-refractivity contribution in [1.29, 1.82) is 0 Å². The molecule has 0 saturated carbocycles. The van der Waals surface area contributed by atoms with Gasteiger partial charge in [0.2, 0.25) is 12.6 Å². The maximum Gasteiger partial charge on any atom is 0.291 e. The molecule has 6 rings (SSSR count). The number of para-hydroxylation sites is 1. The van der Waals surface area contributed by atoms with Crippen molar-refractivity contribution >= 4 is 16.9 Å². The third kappa shape index (κ3) is 2.72. The number of nitrogens with zero attached hydrogens (tertiary/aromatic N) is 1. The van der Waals surface area contributed by atoms with E-state index in [1.54, 1.807) is 29.2 Å². The van der Waals surface area contributed by atoms with Gasteiger partial charge in [-0.25, -0.2) is 0 Å². The van der Waals surface area contributed by atoms with Crippen LogP contribution in [-0.2, 0) is 6.54 Å². The highest BCUT2D eigenvalue weighted by atomic mass is 16.7. The fraction of sp³-hybridized carbons (Fsp3) is 0.120. The lowest BCUT2D eigenvalue weighted by atomic mass is 9.98. The molecule has 4 aromatic rings. The van der Waals surface area contributed by atoms with E-state index in [4.69, 9.17) is 13.9 Å². The summed E-state index contributed by atoms with van der Waals surface area (Å²) in [5, 5.41) is 0.472. The summed E-state index contributed by atoms with van der Waals surface area (Å²) in [5.74, 6) is 1.14. The van der Waals surface area contributed by atoms with E-state index in [0.717, 1.165) is 11.1 Å². The minimum Gasteiger partial charge on any atom is -0.454 e. The van der Waals surface area contributed by atoms with Gasteiger partial charge in [-0.3, -0.25) is 9.59 Å². The van der Waals surface area contributed by atoms with Crippen LogP contribution in [0.25, 0.3) is 11.0 Å². The summed E-state index contributed by atoms with van der Waals surface area (Å²) in [6.45, 7) is 0.486. The quantitative estimate of drug-likeness (QED) is 0.504. The Morgan fingerprint density at radius 3 is 2.52 bits per heavy atom. The standard InChI is InChI=1S/C25H17NO5/c27-23-17-8-4-5-9-18(17)31-24-21(23)22(16-6-2-1-3-7-16)26(25(24)28)13-15-10-11-19-20(12-15)30-14-29-19/h1-12,22H,13-14H2/t22-/m0/s1. The number of rotatable bonds is 3. The summed E-state index contributed by atoms with van der Waals surface area (Å²) < 4.78 is 16.8.